The van der Waals surface area contributed by atoms with Gasteiger partial charge in [0.1, 0.15) is 5.84 Å². The average molecular weight is 484 g/mol. The number of hydrogen-bond donors (Lipinski definition) is 2. The maximum Gasteiger partial charge on any atom is 0.324 e. The Morgan fingerprint density at radius 1 is 1.12 bits per heavy atom. The van der Waals surface area contributed by atoms with Crippen molar-refractivity contribution in [3.63, 3.8) is 0 Å². The summed E-state index contributed by atoms with van der Waals surface area (Å²) in [7, 11) is 1.71. The van der Waals surface area contributed by atoms with Crippen LogP contribution in [0.15, 0.2) is 48.5 Å². The fraction of sp³-hybridized carbons (Fsp3) is 0.462. The molecule has 182 valence electrons. The van der Waals surface area contributed by atoms with Crippen LogP contribution in [0.5, 0.6) is 0 Å². The fourth-order valence-corrected chi connectivity index (χ4v) is 5.12. The van der Waals surface area contributed by atoms with E-state index in [4.69, 9.17) is 27.5 Å². The normalized spacial score (nSPS) is 20.1. The van der Waals surface area contributed by atoms with Gasteiger partial charge in [-0.05, 0) is 61.7 Å². The summed E-state index contributed by atoms with van der Waals surface area (Å²) in [6.07, 6.45) is 2.15. The van der Waals surface area contributed by atoms with E-state index >= 15 is 0 Å². The standard InChI is InChI=1S/C26H34ClN5O2/c1-34-18-21-16-31(26(33)32(17-21)24-4-2-3-22(13-24)25(28)29)15-20-9-11-30(12-10-20)14-19-5-7-23(27)8-6-19/h2-8,13,20-21H,9-12,14-18H2,1H3,(H3,28,29). The monoisotopic (exact) mass is 483 g/mol. The van der Waals surface area contributed by atoms with Crippen LogP contribution in [0.4, 0.5) is 10.5 Å². The largest absolute Gasteiger partial charge is 0.384 e. The number of methoxy groups -OCH3 is 1. The van der Waals surface area contributed by atoms with Gasteiger partial charge in [-0.1, -0.05) is 35.9 Å². The Bertz CT molecular complexity index is 991. The van der Waals surface area contributed by atoms with Gasteiger partial charge in [-0.3, -0.25) is 15.2 Å². The van der Waals surface area contributed by atoms with Crippen LogP contribution in [0.25, 0.3) is 0 Å². The molecule has 0 spiro atoms. The van der Waals surface area contributed by atoms with Crippen LogP contribution in [0.3, 0.4) is 0 Å². The molecule has 0 aliphatic carbocycles. The number of nitrogens with one attached hydrogen (secondary N) is 1. The summed E-state index contributed by atoms with van der Waals surface area (Å²) in [6, 6.07) is 15.5. The number of nitrogen functional groups attached to an aromatic ring is 1. The van der Waals surface area contributed by atoms with Gasteiger partial charge in [-0.25, -0.2) is 4.79 Å². The van der Waals surface area contributed by atoms with Gasteiger partial charge in [0.15, 0.2) is 0 Å². The van der Waals surface area contributed by atoms with E-state index in [1.165, 1.54) is 5.56 Å². The molecule has 2 fully saturated rings. The van der Waals surface area contributed by atoms with Crippen molar-refractivity contribution in [2.75, 3.05) is 51.3 Å². The third-order valence-electron chi connectivity index (χ3n) is 6.80. The number of nitrogens with two attached hydrogens (primary N) is 1. The highest BCUT2D eigenvalue weighted by Crippen LogP contribution is 2.27. The molecule has 1 unspecified atom stereocenters. The van der Waals surface area contributed by atoms with Gasteiger partial charge >= 0.3 is 6.03 Å². The quantitative estimate of drug-likeness (QED) is 0.438. The molecule has 3 N–H and O–H groups in total. The Labute approximate surface area is 206 Å². The van der Waals surface area contributed by atoms with Crippen molar-refractivity contribution in [1.29, 1.82) is 5.41 Å². The zero-order valence-corrected chi connectivity index (χ0v) is 20.5. The topological polar surface area (TPSA) is 85.9 Å². The maximum atomic E-state index is 13.5. The van der Waals surface area contributed by atoms with E-state index in [-0.39, 0.29) is 17.8 Å². The highest BCUT2D eigenvalue weighted by Gasteiger charge is 2.34. The molecule has 8 heteroatoms. The molecular formula is C26H34ClN5O2. The number of amidine groups is 1. The number of urea groups is 1. The Balaban J connectivity index is 1.38. The van der Waals surface area contributed by atoms with Gasteiger partial charge in [0.2, 0.25) is 0 Å². The smallest absolute Gasteiger partial charge is 0.324 e. The summed E-state index contributed by atoms with van der Waals surface area (Å²) in [5, 5.41) is 8.51. The molecule has 1 atom stereocenters. The molecule has 34 heavy (non-hydrogen) atoms. The predicted octanol–water partition coefficient (Wildman–Crippen LogP) is 4.04. The number of piperidine rings is 1. The van der Waals surface area contributed by atoms with E-state index in [0.29, 0.717) is 31.2 Å². The second kappa shape index (κ2) is 11.2. The number of anilines is 1. The van der Waals surface area contributed by atoms with Crippen LogP contribution < -0.4 is 10.6 Å². The highest BCUT2D eigenvalue weighted by atomic mass is 35.5. The second-order valence-corrected chi connectivity index (χ2v) is 9.87. The van der Waals surface area contributed by atoms with E-state index < -0.39 is 0 Å². The molecule has 0 bridgehead atoms. The molecule has 4 rings (SSSR count). The molecule has 0 aromatic heterocycles. The minimum Gasteiger partial charge on any atom is -0.384 e. The minimum absolute atomic E-state index is 0.00182. The lowest BCUT2D eigenvalue weighted by Gasteiger charge is -2.42. The average Bonchev–Trinajstić information content (AvgIpc) is 2.84. The highest BCUT2D eigenvalue weighted by molar-refractivity contribution is 6.30. The van der Waals surface area contributed by atoms with Gasteiger partial charge in [0.05, 0.1) is 6.61 Å². The molecule has 0 saturated carbocycles. The van der Waals surface area contributed by atoms with E-state index in [1.54, 1.807) is 13.2 Å². The molecule has 2 aromatic carbocycles. The van der Waals surface area contributed by atoms with E-state index in [1.807, 2.05) is 40.1 Å². The lowest BCUT2D eigenvalue weighted by Crippen LogP contribution is -2.56. The Morgan fingerprint density at radius 2 is 1.85 bits per heavy atom. The lowest BCUT2D eigenvalue weighted by molar-refractivity contribution is 0.0986. The zero-order chi connectivity index (χ0) is 24.1. The van der Waals surface area contributed by atoms with Crippen molar-refractivity contribution < 1.29 is 9.53 Å². The molecule has 2 aliphatic rings. The third-order valence-corrected chi connectivity index (χ3v) is 7.05. The lowest BCUT2D eigenvalue weighted by atomic mass is 9.94. The fourth-order valence-electron chi connectivity index (χ4n) is 4.99. The van der Waals surface area contributed by atoms with Crippen molar-refractivity contribution >= 4 is 29.2 Å². The molecule has 2 aromatic rings. The van der Waals surface area contributed by atoms with Gasteiger partial charge in [0, 0.05) is 55.5 Å². The summed E-state index contributed by atoms with van der Waals surface area (Å²) < 4.78 is 5.45. The number of hydrogen-bond acceptors (Lipinski definition) is 4. The number of halogens is 1. The molecule has 2 amide bonds. The Morgan fingerprint density at radius 3 is 2.53 bits per heavy atom. The second-order valence-electron chi connectivity index (χ2n) is 9.43. The Hall–Kier alpha value is -2.61. The minimum atomic E-state index is 0.00182. The van der Waals surface area contributed by atoms with Crippen molar-refractivity contribution in [1.82, 2.24) is 9.80 Å². The number of rotatable bonds is 8. The third kappa shape index (κ3) is 6.09. The Kier molecular flexibility index (Phi) is 8.08. The van der Waals surface area contributed by atoms with E-state index in [9.17, 15) is 4.79 Å². The predicted molar refractivity (Wildman–Crippen MR) is 137 cm³/mol. The SMILES string of the molecule is COCC1CN(CC2CCN(Cc3ccc(Cl)cc3)CC2)C(=O)N(c2cccc(C(=N)N)c2)C1. The summed E-state index contributed by atoms with van der Waals surface area (Å²) in [5.74, 6) is 0.716. The molecule has 0 radical (unpaired) electrons. The number of benzene rings is 2. The van der Waals surface area contributed by atoms with Gasteiger partial charge in [-0.2, -0.15) is 0 Å². The van der Waals surface area contributed by atoms with Crippen LogP contribution in [-0.4, -0.2) is 68.1 Å². The molecule has 2 saturated heterocycles. The zero-order valence-electron chi connectivity index (χ0n) is 19.8. The van der Waals surface area contributed by atoms with Crippen molar-refractivity contribution in [2.24, 2.45) is 17.6 Å². The van der Waals surface area contributed by atoms with Crippen LogP contribution in [0, 0.1) is 17.2 Å². The van der Waals surface area contributed by atoms with E-state index in [0.717, 1.165) is 49.7 Å². The number of nitrogens with zero attached hydrogens (tertiary/aromatic N) is 3. The first-order chi connectivity index (χ1) is 16.4. The maximum absolute atomic E-state index is 13.5. The number of amides is 2. The first-order valence-electron chi connectivity index (χ1n) is 11.9. The van der Waals surface area contributed by atoms with Crippen molar-refractivity contribution in [3.8, 4) is 0 Å². The number of carbonyl (C=O) groups excluding carboxylic acids is 1. The van der Waals surface area contributed by atoms with Crippen LogP contribution in [-0.2, 0) is 11.3 Å². The van der Waals surface area contributed by atoms with Gasteiger partial charge < -0.3 is 15.4 Å². The summed E-state index contributed by atoms with van der Waals surface area (Å²) in [5.41, 5.74) is 8.36. The van der Waals surface area contributed by atoms with Crippen LogP contribution >= 0.6 is 11.6 Å². The molecule has 2 aliphatic heterocycles. The summed E-state index contributed by atoms with van der Waals surface area (Å²) >= 11 is 6.01. The number of ether oxygens (including phenoxy) is 1. The van der Waals surface area contributed by atoms with Crippen molar-refractivity contribution in [2.45, 2.75) is 19.4 Å². The van der Waals surface area contributed by atoms with Gasteiger partial charge in [0.25, 0.3) is 0 Å². The van der Waals surface area contributed by atoms with Gasteiger partial charge in [-0.15, -0.1) is 0 Å². The summed E-state index contributed by atoms with van der Waals surface area (Å²) in [6.45, 7) is 5.67. The van der Waals surface area contributed by atoms with Crippen LogP contribution in [0.2, 0.25) is 5.02 Å². The van der Waals surface area contributed by atoms with Crippen LogP contribution in [0.1, 0.15) is 24.0 Å². The first kappa shape index (κ1) is 24.5. The first-order valence-corrected chi connectivity index (χ1v) is 12.3. The van der Waals surface area contributed by atoms with Crippen molar-refractivity contribution in [3.05, 3.63) is 64.7 Å². The molecule has 2 heterocycles. The molecular weight excluding hydrogens is 450 g/mol. The van der Waals surface area contributed by atoms with E-state index in [2.05, 4.69) is 17.0 Å². The summed E-state index contributed by atoms with van der Waals surface area (Å²) in [4.78, 5) is 19.8. The number of carbonyl (C=O) groups is 1. The number of likely N-dealkylation sites (tertiary alicyclic amines) is 1. The molecule has 7 nitrogen and oxygen atoms in total.